The number of nitrogens with one attached hydrogen (secondary N) is 2. The molecule has 0 radical (unpaired) electrons. The second-order valence-corrected chi connectivity index (χ2v) is 5.44. The number of anilines is 1. The summed E-state index contributed by atoms with van der Waals surface area (Å²) in [5.74, 6) is -2.80. The molecule has 0 saturated carbocycles. The van der Waals surface area contributed by atoms with Crippen molar-refractivity contribution in [1.29, 1.82) is 0 Å². The molecule has 2 aromatic carbocycles. The van der Waals surface area contributed by atoms with Gasteiger partial charge in [0.2, 0.25) is 11.8 Å². The first-order valence-electron chi connectivity index (χ1n) is 7.51. The standard InChI is InChI=1S/C18H18F2N2O2/c1-12-2-4-13(5-3-12)6-9-17(23)21-11-18(24)22-14-7-8-15(19)16(20)10-14/h2-5,7-8,10H,6,9,11H2,1H3,(H,21,23)(H,22,24). The van der Waals surface area contributed by atoms with Gasteiger partial charge in [-0.1, -0.05) is 29.8 Å². The van der Waals surface area contributed by atoms with E-state index in [2.05, 4.69) is 10.6 Å². The van der Waals surface area contributed by atoms with Crippen molar-refractivity contribution in [2.45, 2.75) is 19.8 Å². The van der Waals surface area contributed by atoms with Crippen LogP contribution in [0.25, 0.3) is 0 Å². The quantitative estimate of drug-likeness (QED) is 0.854. The van der Waals surface area contributed by atoms with E-state index in [0.717, 1.165) is 23.3 Å². The molecule has 6 heteroatoms. The van der Waals surface area contributed by atoms with Gasteiger partial charge in [0.15, 0.2) is 11.6 Å². The lowest BCUT2D eigenvalue weighted by atomic mass is 10.1. The second-order valence-electron chi connectivity index (χ2n) is 5.44. The minimum atomic E-state index is -1.05. The van der Waals surface area contributed by atoms with E-state index >= 15 is 0 Å². The number of amides is 2. The molecular weight excluding hydrogens is 314 g/mol. The van der Waals surface area contributed by atoms with E-state index in [0.29, 0.717) is 6.42 Å². The molecule has 126 valence electrons. The molecule has 2 aromatic rings. The first-order valence-corrected chi connectivity index (χ1v) is 7.51. The fourth-order valence-corrected chi connectivity index (χ4v) is 2.06. The molecule has 2 rings (SSSR count). The molecule has 0 aliphatic heterocycles. The van der Waals surface area contributed by atoms with Crippen molar-refractivity contribution in [3.63, 3.8) is 0 Å². The van der Waals surface area contributed by atoms with E-state index in [1.165, 1.54) is 6.07 Å². The normalized spacial score (nSPS) is 10.3. The zero-order valence-corrected chi connectivity index (χ0v) is 13.2. The molecule has 2 N–H and O–H groups in total. The highest BCUT2D eigenvalue weighted by Gasteiger charge is 2.08. The predicted octanol–water partition coefficient (Wildman–Crippen LogP) is 2.96. The van der Waals surface area contributed by atoms with E-state index in [-0.39, 0.29) is 24.6 Å². The SMILES string of the molecule is Cc1ccc(CCC(=O)NCC(=O)Nc2ccc(F)c(F)c2)cc1. The molecule has 0 aliphatic rings. The minimum Gasteiger partial charge on any atom is -0.347 e. The lowest BCUT2D eigenvalue weighted by molar-refractivity contribution is -0.124. The summed E-state index contributed by atoms with van der Waals surface area (Å²) in [6, 6.07) is 10.9. The number of carbonyl (C=O) groups excluding carboxylic acids is 2. The summed E-state index contributed by atoms with van der Waals surface area (Å²) in [7, 11) is 0. The number of aryl methyl sites for hydroxylation is 2. The summed E-state index contributed by atoms with van der Waals surface area (Å²) in [5.41, 5.74) is 2.33. The highest BCUT2D eigenvalue weighted by molar-refractivity contribution is 5.94. The van der Waals surface area contributed by atoms with Gasteiger partial charge in [-0.15, -0.1) is 0 Å². The highest BCUT2D eigenvalue weighted by Crippen LogP contribution is 2.12. The van der Waals surface area contributed by atoms with Gasteiger partial charge in [-0.3, -0.25) is 9.59 Å². The molecule has 0 aromatic heterocycles. The van der Waals surface area contributed by atoms with Crippen LogP contribution in [0.2, 0.25) is 0 Å². The number of hydrogen-bond donors (Lipinski definition) is 2. The van der Waals surface area contributed by atoms with Gasteiger partial charge in [0, 0.05) is 18.2 Å². The highest BCUT2D eigenvalue weighted by atomic mass is 19.2. The molecule has 4 nitrogen and oxygen atoms in total. The van der Waals surface area contributed by atoms with Crippen LogP contribution >= 0.6 is 0 Å². The fourth-order valence-electron chi connectivity index (χ4n) is 2.06. The summed E-state index contributed by atoms with van der Waals surface area (Å²) >= 11 is 0. The van der Waals surface area contributed by atoms with Crippen molar-refractivity contribution in [3.8, 4) is 0 Å². The fraction of sp³-hybridized carbons (Fsp3) is 0.222. The van der Waals surface area contributed by atoms with Gasteiger partial charge < -0.3 is 10.6 Å². The van der Waals surface area contributed by atoms with Crippen LogP contribution in [0.15, 0.2) is 42.5 Å². The van der Waals surface area contributed by atoms with Crippen molar-refractivity contribution in [2.24, 2.45) is 0 Å². The third-order valence-corrected chi connectivity index (χ3v) is 3.41. The van der Waals surface area contributed by atoms with Crippen LogP contribution < -0.4 is 10.6 Å². The molecule has 0 bridgehead atoms. The molecule has 0 spiro atoms. The van der Waals surface area contributed by atoms with Crippen LogP contribution in [0, 0.1) is 18.6 Å². The first-order chi connectivity index (χ1) is 11.4. The maximum absolute atomic E-state index is 13.0. The summed E-state index contributed by atoms with van der Waals surface area (Å²) in [4.78, 5) is 23.4. The molecular formula is C18H18F2N2O2. The van der Waals surface area contributed by atoms with Crippen molar-refractivity contribution in [1.82, 2.24) is 5.32 Å². The van der Waals surface area contributed by atoms with Crippen LogP contribution in [0.5, 0.6) is 0 Å². The van der Waals surface area contributed by atoms with Crippen LogP contribution in [0.4, 0.5) is 14.5 Å². The maximum atomic E-state index is 13.0. The molecule has 24 heavy (non-hydrogen) atoms. The van der Waals surface area contributed by atoms with Crippen LogP contribution in [0.3, 0.4) is 0 Å². The van der Waals surface area contributed by atoms with Gasteiger partial charge in [0.25, 0.3) is 0 Å². The Bertz CT molecular complexity index is 730. The Morgan fingerprint density at radius 2 is 1.67 bits per heavy atom. The Morgan fingerprint density at radius 3 is 2.33 bits per heavy atom. The van der Waals surface area contributed by atoms with Gasteiger partial charge >= 0.3 is 0 Å². The Kier molecular flexibility index (Phi) is 6.01. The Morgan fingerprint density at radius 1 is 0.958 bits per heavy atom. The molecule has 0 heterocycles. The Labute approximate surface area is 138 Å². The van der Waals surface area contributed by atoms with E-state index < -0.39 is 17.5 Å². The predicted molar refractivity (Wildman–Crippen MR) is 87.5 cm³/mol. The largest absolute Gasteiger partial charge is 0.347 e. The summed E-state index contributed by atoms with van der Waals surface area (Å²) in [6.45, 7) is 1.76. The Hall–Kier alpha value is -2.76. The van der Waals surface area contributed by atoms with Gasteiger partial charge in [-0.05, 0) is 31.0 Å². The molecule has 0 saturated heterocycles. The van der Waals surface area contributed by atoms with Crippen LogP contribution in [-0.2, 0) is 16.0 Å². The number of carbonyl (C=O) groups is 2. The summed E-state index contributed by atoms with van der Waals surface area (Å²) < 4.78 is 25.8. The lowest BCUT2D eigenvalue weighted by Gasteiger charge is -2.07. The van der Waals surface area contributed by atoms with E-state index in [4.69, 9.17) is 0 Å². The Balaban J connectivity index is 1.73. The van der Waals surface area contributed by atoms with Gasteiger partial charge in [-0.25, -0.2) is 8.78 Å². The van der Waals surface area contributed by atoms with Crippen LogP contribution in [-0.4, -0.2) is 18.4 Å². The smallest absolute Gasteiger partial charge is 0.243 e. The van der Waals surface area contributed by atoms with E-state index in [9.17, 15) is 18.4 Å². The van der Waals surface area contributed by atoms with Gasteiger partial charge in [0.05, 0.1) is 6.54 Å². The van der Waals surface area contributed by atoms with E-state index in [1.54, 1.807) is 0 Å². The average Bonchev–Trinajstić information content (AvgIpc) is 2.56. The molecule has 0 unspecified atom stereocenters. The zero-order chi connectivity index (χ0) is 17.5. The van der Waals surface area contributed by atoms with Crippen molar-refractivity contribution in [2.75, 3.05) is 11.9 Å². The van der Waals surface area contributed by atoms with Crippen molar-refractivity contribution < 1.29 is 18.4 Å². The number of hydrogen-bond acceptors (Lipinski definition) is 2. The monoisotopic (exact) mass is 332 g/mol. The average molecular weight is 332 g/mol. The topological polar surface area (TPSA) is 58.2 Å². The summed E-state index contributed by atoms with van der Waals surface area (Å²) in [6.07, 6.45) is 0.846. The zero-order valence-electron chi connectivity index (χ0n) is 13.2. The third kappa shape index (κ3) is 5.46. The molecule has 0 atom stereocenters. The first kappa shape index (κ1) is 17.6. The number of halogens is 2. The van der Waals surface area contributed by atoms with Gasteiger partial charge in [-0.2, -0.15) is 0 Å². The van der Waals surface area contributed by atoms with Crippen molar-refractivity contribution >= 4 is 17.5 Å². The molecule has 2 amide bonds. The lowest BCUT2D eigenvalue weighted by Crippen LogP contribution is -2.33. The number of benzene rings is 2. The summed E-state index contributed by atoms with van der Waals surface area (Å²) in [5, 5.41) is 4.88. The van der Waals surface area contributed by atoms with Crippen molar-refractivity contribution in [3.05, 3.63) is 65.2 Å². The minimum absolute atomic E-state index is 0.132. The molecule has 0 fully saturated rings. The third-order valence-electron chi connectivity index (χ3n) is 3.41. The van der Waals surface area contributed by atoms with Crippen LogP contribution in [0.1, 0.15) is 17.5 Å². The molecule has 0 aliphatic carbocycles. The number of rotatable bonds is 6. The van der Waals surface area contributed by atoms with Gasteiger partial charge in [0.1, 0.15) is 0 Å². The van der Waals surface area contributed by atoms with E-state index in [1.807, 2.05) is 31.2 Å². The maximum Gasteiger partial charge on any atom is 0.243 e. The second kappa shape index (κ2) is 8.19.